The Morgan fingerprint density at radius 3 is 2.88 bits per heavy atom. The maximum Gasteiger partial charge on any atom is 0.326 e. The molecule has 0 fully saturated rings. The van der Waals surface area contributed by atoms with E-state index in [1.54, 1.807) is 11.6 Å². The first kappa shape index (κ1) is 10.1. The summed E-state index contributed by atoms with van der Waals surface area (Å²) in [5.41, 5.74) is 3.52. The maximum atomic E-state index is 11.5. The second-order valence-electron chi connectivity index (χ2n) is 4.31. The van der Waals surface area contributed by atoms with Gasteiger partial charge in [-0.3, -0.25) is 4.57 Å². The fourth-order valence-corrected chi connectivity index (χ4v) is 2.14. The van der Waals surface area contributed by atoms with E-state index in [1.807, 2.05) is 12.1 Å². The quantitative estimate of drug-likeness (QED) is 0.703. The number of rotatable bonds is 2. The molecule has 0 atom stereocenters. The molecule has 0 aliphatic rings. The van der Waals surface area contributed by atoms with E-state index in [1.165, 1.54) is 0 Å². The number of nitrogens with one attached hydrogen (secondary N) is 2. The Balaban J connectivity index is 2.31. The molecule has 0 spiro atoms. The number of hydrogen-bond donors (Lipinski definition) is 2. The van der Waals surface area contributed by atoms with Crippen LogP contribution in [-0.4, -0.2) is 19.5 Å². The summed E-state index contributed by atoms with van der Waals surface area (Å²) in [5, 5.41) is 0. The van der Waals surface area contributed by atoms with E-state index >= 15 is 0 Å². The molecule has 3 rings (SSSR count). The molecular formula is C12H14N4O. The lowest BCUT2D eigenvalue weighted by molar-refractivity contribution is 0.861. The normalized spacial score (nSPS) is 11.6. The second kappa shape index (κ2) is 3.48. The predicted molar refractivity (Wildman–Crippen MR) is 67.2 cm³/mol. The Labute approximate surface area is 97.5 Å². The van der Waals surface area contributed by atoms with Crippen molar-refractivity contribution in [2.75, 3.05) is 0 Å². The van der Waals surface area contributed by atoms with Crippen LogP contribution in [-0.2, 0) is 13.5 Å². The van der Waals surface area contributed by atoms with Gasteiger partial charge in [0, 0.05) is 13.5 Å². The smallest absolute Gasteiger partial charge is 0.326 e. The Morgan fingerprint density at radius 2 is 2.12 bits per heavy atom. The largest absolute Gasteiger partial charge is 0.342 e. The molecule has 5 heteroatoms. The minimum atomic E-state index is -0.0959. The van der Waals surface area contributed by atoms with Gasteiger partial charge in [0.1, 0.15) is 5.82 Å². The number of aryl methyl sites for hydroxylation is 2. The molecule has 0 unspecified atom stereocenters. The van der Waals surface area contributed by atoms with Crippen LogP contribution in [0.5, 0.6) is 0 Å². The first-order chi connectivity index (χ1) is 8.19. The molecular weight excluding hydrogens is 216 g/mol. The van der Waals surface area contributed by atoms with Crippen molar-refractivity contribution in [2.24, 2.45) is 7.05 Å². The van der Waals surface area contributed by atoms with Crippen LogP contribution in [0, 0.1) is 0 Å². The zero-order valence-electron chi connectivity index (χ0n) is 9.87. The van der Waals surface area contributed by atoms with Crippen molar-refractivity contribution in [3.8, 4) is 0 Å². The van der Waals surface area contributed by atoms with E-state index in [2.05, 4.69) is 21.9 Å². The van der Waals surface area contributed by atoms with Crippen LogP contribution < -0.4 is 5.69 Å². The number of aromatic nitrogens is 4. The molecule has 0 aliphatic carbocycles. The van der Waals surface area contributed by atoms with Crippen LogP contribution in [0.25, 0.3) is 22.1 Å². The minimum Gasteiger partial charge on any atom is -0.342 e. The van der Waals surface area contributed by atoms with E-state index in [4.69, 9.17) is 0 Å². The first-order valence-corrected chi connectivity index (χ1v) is 5.76. The zero-order valence-corrected chi connectivity index (χ0v) is 9.87. The van der Waals surface area contributed by atoms with Gasteiger partial charge in [-0.1, -0.05) is 6.92 Å². The molecule has 0 saturated carbocycles. The lowest BCUT2D eigenvalue weighted by Crippen LogP contribution is -2.11. The molecule has 0 bridgehead atoms. The molecule has 0 aliphatic heterocycles. The molecule has 1 aromatic carbocycles. The van der Waals surface area contributed by atoms with Gasteiger partial charge >= 0.3 is 5.69 Å². The van der Waals surface area contributed by atoms with Crippen LogP contribution in [0.1, 0.15) is 19.2 Å². The number of aromatic amines is 2. The number of imidazole rings is 2. The molecule has 17 heavy (non-hydrogen) atoms. The third-order valence-electron chi connectivity index (χ3n) is 3.04. The lowest BCUT2D eigenvalue weighted by Gasteiger charge is -1.92. The third-order valence-corrected chi connectivity index (χ3v) is 3.04. The van der Waals surface area contributed by atoms with Gasteiger partial charge < -0.3 is 9.97 Å². The van der Waals surface area contributed by atoms with Crippen molar-refractivity contribution < 1.29 is 0 Å². The van der Waals surface area contributed by atoms with E-state index in [9.17, 15) is 4.79 Å². The summed E-state index contributed by atoms with van der Waals surface area (Å²) < 4.78 is 1.60. The summed E-state index contributed by atoms with van der Waals surface area (Å²) in [6.07, 6.45) is 2.01. The van der Waals surface area contributed by atoms with Gasteiger partial charge in [0.2, 0.25) is 0 Å². The SMILES string of the molecule is CCCc1nc2cc3c(cc2[nH]1)[nH]c(=O)n3C. The van der Waals surface area contributed by atoms with Crippen LogP contribution in [0.3, 0.4) is 0 Å². The number of hydrogen-bond acceptors (Lipinski definition) is 2. The molecule has 0 saturated heterocycles. The number of benzene rings is 1. The van der Waals surface area contributed by atoms with Gasteiger partial charge in [-0.15, -0.1) is 0 Å². The highest BCUT2D eigenvalue weighted by molar-refractivity contribution is 5.91. The van der Waals surface area contributed by atoms with E-state index in [0.29, 0.717) is 0 Å². The van der Waals surface area contributed by atoms with Crippen molar-refractivity contribution in [3.05, 3.63) is 28.4 Å². The van der Waals surface area contributed by atoms with Crippen LogP contribution in [0.4, 0.5) is 0 Å². The third kappa shape index (κ3) is 1.46. The molecule has 2 N–H and O–H groups in total. The monoisotopic (exact) mass is 230 g/mol. The van der Waals surface area contributed by atoms with Gasteiger partial charge in [0.25, 0.3) is 0 Å². The molecule has 0 amide bonds. The highest BCUT2D eigenvalue weighted by Crippen LogP contribution is 2.19. The Hall–Kier alpha value is -2.04. The summed E-state index contributed by atoms with van der Waals surface area (Å²) in [6, 6.07) is 3.89. The van der Waals surface area contributed by atoms with Crippen molar-refractivity contribution in [1.29, 1.82) is 0 Å². The summed E-state index contributed by atoms with van der Waals surface area (Å²) in [7, 11) is 1.76. The summed E-state index contributed by atoms with van der Waals surface area (Å²) >= 11 is 0. The Bertz CT molecular complexity index is 747. The van der Waals surface area contributed by atoms with Crippen LogP contribution >= 0.6 is 0 Å². The molecule has 2 heterocycles. The van der Waals surface area contributed by atoms with Crippen LogP contribution in [0.2, 0.25) is 0 Å². The summed E-state index contributed by atoms with van der Waals surface area (Å²) in [6.45, 7) is 2.13. The predicted octanol–water partition coefficient (Wildman–Crippen LogP) is 1.70. The number of fused-ring (bicyclic) bond motifs is 2. The summed E-state index contributed by atoms with van der Waals surface area (Å²) in [4.78, 5) is 22.1. The number of H-pyrrole nitrogens is 2. The van der Waals surface area contributed by atoms with Gasteiger partial charge in [-0.2, -0.15) is 0 Å². The number of nitrogens with zero attached hydrogens (tertiary/aromatic N) is 2. The summed E-state index contributed by atoms with van der Waals surface area (Å²) in [5.74, 6) is 1.00. The van der Waals surface area contributed by atoms with Crippen molar-refractivity contribution >= 4 is 22.1 Å². The standard InChI is InChI=1S/C12H14N4O/c1-3-4-11-13-7-5-9-10(6-8(7)14-11)16(2)12(17)15-9/h5-6H,3-4H2,1-2H3,(H,13,14)(H,15,17). The Kier molecular flexibility index (Phi) is 2.07. The average molecular weight is 230 g/mol. The van der Waals surface area contributed by atoms with Crippen molar-refractivity contribution in [2.45, 2.75) is 19.8 Å². The van der Waals surface area contributed by atoms with Gasteiger partial charge in [0.05, 0.1) is 22.1 Å². The lowest BCUT2D eigenvalue weighted by atomic mass is 10.3. The topological polar surface area (TPSA) is 66.5 Å². The molecule has 5 nitrogen and oxygen atoms in total. The first-order valence-electron chi connectivity index (χ1n) is 5.76. The molecule has 3 aromatic rings. The average Bonchev–Trinajstić information content (AvgIpc) is 2.79. The van der Waals surface area contributed by atoms with E-state index in [0.717, 1.165) is 40.7 Å². The van der Waals surface area contributed by atoms with Gasteiger partial charge in [-0.05, 0) is 18.6 Å². The van der Waals surface area contributed by atoms with Gasteiger partial charge in [-0.25, -0.2) is 9.78 Å². The molecule has 2 aromatic heterocycles. The van der Waals surface area contributed by atoms with Crippen LogP contribution in [0.15, 0.2) is 16.9 Å². The molecule has 88 valence electrons. The fraction of sp³-hybridized carbons (Fsp3) is 0.333. The minimum absolute atomic E-state index is 0.0959. The molecule has 0 radical (unpaired) electrons. The second-order valence-corrected chi connectivity index (χ2v) is 4.31. The zero-order chi connectivity index (χ0) is 12.0. The Morgan fingerprint density at radius 1 is 1.29 bits per heavy atom. The highest BCUT2D eigenvalue weighted by atomic mass is 16.1. The van der Waals surface area contributed by atoms with E-state index in [-0.39, 0.29) is 5.69 Å². The van der Waals surface area contributed by atoms with Crippen molar-refractivity contribution in [1.82, 2.24) is 19.5 Å². The highest BCUT2D eigenvalue weighted by Gasteiger charge is 2.08. The van der Waals surface area contributed by atoms with Crippen molar-refractivity contribution in [3.63, 3.8) is 0 Å². The van der Waals surface area contributed by atoms with Gasteiger partial charge in [0.15, 0.2) is 0 Å². The fourth-order valence-electron chi connectivity index (χ4n) is 2.14. The van der Waals surface area contributed by atoms with E-state index < -0.39 is 0 Å². The maximum absolute atomic E-state index is 11.5.